The third-order valence-corrected chi connectivity index (χ3v) is 4.23. The minimum Gasteiger partial charge on any atom is -0.383 e. The van der Waals surface area contributed by atoms with Crippen molar-refractivity contribution in [2.24, 2.45) is 0 Å². The van der Waals surface area contributed by atoms with Crippen LogP contribution in [0.2, 0.25) is 0 Å². The van der Waals surface area contributed by atoms with Gasteiger partial charge >= 0.3 is 0 Å². The Morgan fingerprint density at radius 2 is 2.08 bits per heavy atom. The molecule has 0 fully saturated rings. The van der Waals surface area contributed by atoms with Crippen molar-refractivity contribution in [3.05, 3.63) is 35.2 Å². The summed E-state index contributed by atoms with van der Waals surface area (Å²) in [4.78, 5) is 16.2. The van der Waals surface area contributed by atoms with Gasteiger partial charge in [-0.1, -0.05) is 0 Å². The summed E-state index contributed by atoms with van der Waals surface area (Å²) in [6.07, 6.45) is 5.03. The summed E-state index contributed by atoms with van der Waals surface area (Å²) in [5, 5.41) is 7.50. The minimum absolute atomic E-state index is 0.0659. The van der Waals surface area contributed by atoms with E-state index in [-0.39, 0.29) is 5.91 Å². The van der Waals surface area contributed by atoms with Crippen LogP contribution < -0.4 is 5.32 Å². The SMILES string of the molecule is COCCn1nc(C)c(CNC(=O)CCCn2ccnc2C)c1C. The van der Waals surface area contributed by atoms with Gasteiger partial charge in [-0.05, 0) is 27.2 Å². The fourth-order valence-electron chi connectivity index (χ4n) is 2.71. The summed E-state index contributed by atoms with van der Waals surface area (Å²) < 4.78 is 9.08. The highest BCUT2D eigenvalue weighted by Crippen LogP contribution is 2.13. The molecule has 0 saturated heterocycles. The molecule has 0 aromatic carbocycles. The maximum Gasteiger partial charge on any atom is 0.220 e. The number of amides is 1. The summed E-state index contributed by atoms with van der Waals surface area (Å²) >= 11 is 0. The van der Waals surface area contributed by atoms with E-state index in [0.29, 0.717) is 19.6 Å². The lowest BCUT2D eigenvalue weighted by Gasteiger charge is -2.08. The summed E-state index contributed by atoms with van der Waals surface area (Å²) in [7, 11) is 1.68. The number of hydrogen-bond acceptors (Lipinski definition) is 4. The van der Waals surface area contributed by atoms with Gasteiger partial charge in [0, 0.05) is 50.3 Å². The molecule has 7 nitrogen and oxygen atoms in total. The Morgan fingerprint density at radius 1 is 1.29 bits per heavy atom. The number of imidazole rings is 1. The zero-order chi connectivity index (χ0) is 17.5. The first-order valence-electron chi connectivity index (χ1n) is 8.29. The Hall–Kier alpha value is -2.15. The molecule has 0 unspecified atom stereocenters. The molecule has 2 aromatic rings. The molecule has 1 amide bonds. The molecule has 0 saturated carbocycles. The first-order valence-corrected chi connectivity index (χ1v) is 8.29. The van der Waals surface area contributed by atoms with Crippen LogP contribution in [0.1, 0.15) is 35.6 Å². The van der Waals surface area contributed by atoms with E-state index < -0.39 is 0 Å². The Morgan fingerprint density at radius 3 is 2.75 bits per heavy atom. The van der Waals surface area contributed by atoms with Crippen LogP contribution in [-0.4, -0.2) is 39.0 Å². The maximum absolute atomic E-state index is 12.0. The molecule has 0 atom stereocenters. The third kappa shape index (κ3) is 4.67. The number of ether oxygens (including phenoxy) is 1. The average molecular weight is 333 g/mol. The van der Waals surface area contributed by atoms with Gasteiger partial charge in [-0.2, -0.15) is 5.10 Å². The van der Waals surface area contributed by atoms with Crippen molar-refractivity contribution in [2.45, 2.75) is 53.2 Å². The molecule has 2 rings (SSSR count). The first kappa shape index (κ1) is 18.2. The predicted molar refractivity (Wildman–Crippen MR) is 91.6 cm³/mol. The van der Waals surface area contributed by atoms with Gasteiger partial charge in [0.25, 0.3) is 0 Å². The molecule has 1 N–H and O–H groups in total. The van der Waals surface area contributed by atoms with Crippen molar-refractivity contribution in [2.75, 3.05) is 13.7 Å². The standard InChI is InChI=1S/C17H27N5O2/c1-13-16(14(2)22(20-13)10-11-24-4)12-19-17(23)6-5-8-21-9-7-18-15(21)3/h7,9H,5-6,8,10-12H2,1-4H3,(H,19,23). The Kier molecular flexibility index (Phi) is 6.54. The minimum atomic E-state index is 0.0659. The number of hydrogen-bond donors (Lipinski definition) is 1. The molecule has 0 aliphatic carbocycles. The van der Waals surface area contributed by atoms with Crippen molar-refractivity contribution in [3.63, 3.8) is 0 Å². The molecule has 0 aliphatic heterocycles. The van der Waals surface area contributed by atoms with E-state index in [1.54, 1.807) is 13.3 Å². The van der Waals surface area contributed by atoms with Crippen LogP contribution in [0.15, 0.2) is 12.4 Å². The molecule has 0 radical (unpaired) electrons. The van der Waals surface area contributed by atoms with Crippen LogP contribution in [0, 0.1) is 20.8 Å². The van der Waals surface area contributed by atoms with Gasteiger partial charge in [-0.15, -0.1) is 0 Å². The quantitative estimate of drug-likeness (QED) is 0.759. The lowest BCUT2D eigenvalue weighted by Crippen LogP contribution is -2.23. The number of rotatable bonds is 9. The fourth-order valence-corrected chi connectivity index (χ4v) is 2.71. The number of aryl methyl sites for hydroxylation is 3. The lowest BCUT2D eigenvalue weighted by molar-refractivity contribution is -0.121. The van der Waals surface area contributed by atoms with E-state index in [9.17, 15) is 4.79 Å². The average Bonchev–Trinajstić information content (AvgIpc) is 3.07. The molecule has 132 valence electrons. The van der Waals surface area contributed by atoms with Crippen LogP contribution in [0.4, 0.5) is 0 Å². The van der Waals surface area contributed by atoms with Crippen molar-refractivity contribution in [1.29, 1.82) is 0 Å². The topological polar surface area (TPSA) is 74.0 Å². The van der Waals surface area contributed by atoms with Gasteiger partial charge in [-0.25, -0.2) is 4.98 Å². The second-order valence-corrected chi connectivity index (χ2v) is 5.91. The van der Waals surface area contributed by atoms with Gasteiger partial charge in [0.15, 0.2) is 0 Å². The molecular formula is C17H27N5O2. The van der Waals surface area contributed by atoms with Crippen LogP contribution >= 0.6 is 0 Å². The molecule has 2 heterocycles. The summed E-state index contributed by atoms with van der Waals surface area (Å²) in [5.41, 5.74) is 3.13. The lowest BCUT2D eigenvalue weighted by atomic mass is 10.2. The largest absolute Gasteiger partial charge is 0.383 e. The van der Waals surface area contributed by atoms with E-state index in [1.807, 2.05) is 31.6 Å². The van der Waals surface area contributed by atoms with Gasteiger partial charge < -0.3 is 14.6 Å². The predicted octanol–water partition coefficient (Wildman–Crippen LogP) is 1.75. The molecule has 2 aromatic heterocycles. The number of methoxy groups -OCH3 is 1. The van der Waals surface area contributed by atoms with Crippen molar-refractivity contribution in [3.8, 4) is 0 Å². The smallest absolute Gasteiger partial charge is 0.220 e. The second-order valence-electron chi connectivity index (χ2n) is 5.91. The van der Waals surface area contributed by atoms with E-state index >= 15 is 0 Å². The normalized spacial score (nSPS) is 11.0. The highest BCUT2D eigenvalue weighted by atomic mass is 16.5. The highest BCUT2D eigenvalue weighted by molar-refractivity contribution is 5.75. The summed E-state index contributed by atoms with van der Waals surface area (Å²) in [6.45, 7) is 8.65. The number of carbonyl (C=O) groups excluding carboxylic acids is 1. The second kappa shape index (κ2) is 8.63. The van der Waals surface area contributed by atoms with Crippen molar-refractivity contribution < 1.29 is 9.53 Å². The Balaban J connectivity index is 1.79. The van der Waals surface area contributed by atoms with E-state index in [4.69, 9.17) is 4.74 Å². The highest BCUT2D eigenvalue weighted by Gasteiger charge is 2.12. The Labute approximate surface area is 143 Å². The Bertz CT molecular complexity index is 675. The molecule has 7 heteroatoms. The molecule has 0 aliphatic rings. The molecule has 0 spiro atoms. The summed E-state index contributed by atoms with van der Waals surface area (Å²) in [5.74, 6) is 1.04. The van der Waals surface area contributed by atoms with Crippen molar-refractivity contribution >= 4 is 5.91 Å². The third-order valence-electron chi connectivity index (χ3n) is 4.23. The number of nitrogens with zero attached hydrogens (tertiary/aromatic N) is 4. The van der Waals surface area contributed by atoms with Gasteiger partial charge in [0.2, 0.25) is 5.91 Å². The van der Waals surface area contributed by atoms with Crippen LogP contribution in [0.25, 0.3) is 0 Å². The summed E-state index contributed by atoms with van der Waals surface area (Å²) in [6, 6.07) is 0. The van der Waals surface area contributed by atoms with E-state index in [0.717, 1.165) is 42.3 Å². The monoisotopic (exact) mass is 333 g/mol. The first-order chi connectivity index (χ1) is 11.5. The van der Waals surface area contributed by atoms with Crippen LogP contribution in [-0.2, 0) is 29.2 Å². The van der Waals surface area contributed by atoms with Crippen LogP contribution in [0.3, 0.4) is 0 Å². The van der Waals surface area contributed by atoms with Gasteiger partial charge in [-0.3, -0.25) is 9.48 Å². The maximum atomic E-state index is 12.0. The number of carbonyl (C=O) groups is 1. The molecular weight excluding hydrogens is 306 g/mol. The zero-order valence-electron chi connectivity index (χ0n) is 15.0. The van der Waals surface area contributed by atoms with E-state index in [2.05, 4.69) is 20.0 Å². The van der Waals surface area contributed by atoms with Gasteiger partial charge in [0.05, 0.1) is 18.8 Å². The molecule has 24 heavy (non-hydrogen) atoms. The number of nitrogens with one attached hydrogen (secondary N) is 1. The molecule has 0 bridgehead atoms. The van der Waals surface area contributed by atoms with Crippen LogP contribution in [0.5, 0.6) is 0 Å². The van der Waals surface area contributed by atoms with E-state index in [1.165, 1.54) is 0 Å². The van der Waals surface area contributed by atoms with Gasteiger partial charge in [0.1, 0.15) is 5.82 Å². The fraction of sp³-hybridized carbons (Fsp3) is 0.588. The van der Waals surface area contributed by atoms with Crippen molar-refractivity contribution in [1.82, 2.24) is 24.6 Å². The zero-order valence-corrected chi connectivity index (χ0v) is 15.0. The number of aromatic nitrogens is 4.